The van der Waals surface area contributed by atoms with Crippen molar-refractivity contribution in [1.29, 1.82) is 0 Å². The molecule has 1 aliphatic rings. The van der Waals surface area contributed by atoms with E-state index < -0.39 is 161 Å². The molecule has 0 unspecified atom stereocenters. The molecule has 1 saturated heterocycles. The Morgan fingerprint density at radius 1 is 0.522 bits per heavy atom. The Hall–Kier alpha value is -5.81. The molecule has 0 spiro atoms. The highest BCUT2D eigenvalue weighted by molar-refractivity contribution is 6.00. The van der Waals surface area contributed by atoms with Gasteiger partial charge in [0.1, 0.15) is 48.3 Å². The van der Waals surface area contributed by atoms with Crippen LogP contribution in [0.25, 0.3) is 0 Å². The van der Waals surface area contributed by atoms with Crippen molar-refractivity contribution in [1.82, 2.24) is 44.9 Å². The van der Waals surface area contributed by atoms with Crippen molar-refractivity contribution in [2.24, 2.45) is 47.3 Å². The SMILES string of the molecule is C/C=C/C[C@@H](C)[C@@H](O)[C@H]1C(=O)N[C@@H](CC)C(=O)N(C)[C@H](C)C(=O)N(C)[C@@H]([C@H](C)OCCCCO)C(=O)C[C@@H](C(C)C)C(=O)N(C)[C@@H](CC(C)C)C(=O)C[C@@H](C)C(=O)N[C@H](C)C(=O)N(C)[C@@H](CC(C)C)C(=O)N(C)[C@@H](CC(C)C)C(=O)N(C)[C@@H](C(C)C)C(=O)N1C. The summed E-state index contributed by atoms with van der Waals surface area (Å²) < 4.78 is 6.15. The highest BCUT2D eigenvalue weighted by Gasteiger charge is 2.46. The molecular weight excluding hydrogens is 1150 g/mol. The summed E-state index contributed by atoms with van der Waals surface area (Å²) in [6.07, 6.45) is 2.03. The average Bonchev–Trinajstić information content (AvgIpc) is 1.38. The van der Waals surface area contributed by atoms with Gasteiger partial charge in [0.15, 0.2) is 11.6 Å². The lowest BCUT2D eigenvalue weighted by Crippen LogP contribution is -2.64. The van der Waals surface area contributed by atoms with E-state index in [1.54, 1.807) is 67.5 Å². The standard InChI is InChI=1S/C67H119N9O14/c1-25-27-30-43(13)58(80)57-60(82)69-49(26-2)64(86)70(18)46(16)62(84)75(23)56(47(17)90-32-29-28-31-77)54(79)37-48(41(9)10)63(85)71(19)50(33-38(3)4)53(78)36-44(14)59(81)68-45(15)61(83)72(20)51(34-39(5)6)65(87)73(21)52(35-40(7)8)66(88)74(22)55(42(11)12)67(89)76(57)24/h25,27,38-52,55-58,77,80H,26,28-37H2,1-24H3,(H,68,81)(H,69,82)/b27-25+/t43-,44-,45-,46-,47+,48+,49+,50+,51+,52+,55+,56+,57+,58-/m1/s1. The Morgan fingerprint density at radius 3 is 1.48 bits per heavy atom. The maximum Gasteiger partial charge on any atom is 0.246 e. The number of aliphatic hydroxyl groups excluding tert-OH is 2. The molecule has 0 aromatic heterocycles. The van der Waals surface area contributed by atoms with Crippen molar-refractivity contribution in [3.05, 3.63) is 12.2 Å². The monoisotopic (exact) mass is 1270 g/mol. The van der Waals surface area contributed by atoms with Crippen LogP contribution in [-0.4, -0.2) is 238 Å². The van der Waals surface area contributed by atoms with Crippen molar-refractivity contribution in [3.8, 4) is 0 Å². The van der Waals surface area contributed by atoms with Crippen molar-refractivity contribution < 1.29 is 67.7 Å². The van der Waals surface area contributed by atoms with Crippen LogP contribution in [0.5, 0.6) is 0 Å². The number of ether oxygens (including phenoxy) is 1. The zero-order valence-corrected chi connectivity index (χ0v) is 59.3. The van der Waals surface area contributed by atoms with E-state index in [0.717, 1.165) is 9.80 Å². The van der Waals surface area contributed by atoms with Gasteiger partial charge in [0.05, 0.1) is 18.2 Å². The van der Waals surface area contributed by atoms with Crippen molar-refractivity contribution in [2.75, 3.05) is 62.5 Å². The first-order valence-electron chi connectivity index (χ1n) is 32.7. The number of amides is 9. The van der Waals surface area contributed by atoms with E-state index in [2.05, 4.69) is 10.6 Å². The first kappa shape index (κ1) is 82.2. The fourth-order valence-corrected chi connectivity index (χ4v) is 11.8. The number of hydrogen-bond acceptors (Lipinski definition) is 14. The zero-order chi connectivity index (χ0) is 69.7. The topological polar surface area (TPSA) is 284 Å². The molecule has 0 aliphatic carbocycles. The van der Waals surface area contributed by atoms with Crippen LogP contribution >= 0.6 is 0 Å². The molecule has 1 heterocycles. The molecule has 9 amide bonds. The minimum absolute atomic E-state index is 0.00679. The largest absolute Gasteiger partial charge is 0.396 e. The summed E-state index contributed by atoms with van der Waals surface area (Å²) in [6.45, 7) is 29.5. The fraction of sp³-hybridized carbons (Fsp3) is 0.806. The molecular formula is C67H119N9O14. The Kier molecular flexibility index (Phi) is 34.9. The minimum Gasteiger partial charge on any atom is -0.396 e. The number of carbonyl (C=O) groups excluding carboxylic acids is 11. The molecule has 516 valence electrons. The highest BCUT2D eigenvalue weighted by Crippen LogP contribution is 2.28. The quantitative estimate of drug-likeness (QED) is 0.0982. The van der Waals surface area contributed by atoms with E-state index in [1.165, 1.54) is 94.6 Å². The lowest BCUT2D eigenvalue weighted by molar-refractivity contribution is -0.157. The Labute approximate surface area is 539 Å². The minimum atomic E-state index is -1.64. The number of unbranched alkanes of at least 4 members (excludes halogenated alkanes) is 1. The number of Topliss-reactive ketones (excluding diaryl/α,β-unsaturated/α-hetero) is 2. The second-order valence-electron chi connectivity index (χ2n) is 27.4. The van der Waals surface area contributed by atoms with Crippen molar-refractivity contribution >= 4 is 64.7 Å². The zero-order valence-electron chi connectivity index (χ0n) is 59.3. The number of carbonyl (C=O) groups is 11. The molecule has 23 nitrogen and oxygen atoms in total. The predicted molar refractivity (Wildman–Crippen MR) is 348 cm³/mol. The van der Waals surface area contributed by atoms with Gasteiger partial charge in [-0.05, 0) is 108 Å². The first-order valence-corrected chi connectivity index (χ1v) is 32.7. The van der Waals surface area contributed by atoms with Crippen LogP contribution < -0.4 is 10.6 Å². The van der Waals surface area contributed by atoms with E-state index >= 15 is 14.4 Å². The smallest absolute Gasteiger partial charge is 0.246 e. The number of nitrogens with zero attached hydrogens (tertiary/aromatic N) is 7. The van der Waals surface area contributed by atoms with Gasteiger partial charge in [0.2, 0.25) is 53.2 Å². The lowest BCUT2D eigenvalue weighted by Gasteiger charge is -2.41. The molecule has 0 bridgehead atoms. The third-order valence-corrected chi connectivity index (χ3v) is 17.8. The molecule has 4 N–H and O–H groups in total. The third-order valence-electron chi connectivity index (χ3n) is 17.8. The Bertz CT molecular complexity index is 2430. The molecule has 1 fully saturated rings. The van der Waals surface area contributed by atoms with Crippen LogP contribution in [0.1, 0.15) is 175 Å². The molecule has 14 atom stereocenters. The van der Waals surface area contributed by atoms with Gasteiger partial charge in [0.25, 0.3) is 0 Å². The maximum absolute atomic E-state index is 15.2. The Balaban J connectivity index is 4.44. The number of allylic oxidation sites excluding steroid dienone is 2. The molecule has 0 saturated carbocycles. The summed E-state index contributed by atoms with van der Waals surface area (Å²) in [5.41, 5.74) is 0. The van der Waals surface area contributed by atoms with Gasteiger partial charge in [-0.1, -0.05) is 102 Å². The second-order valence-corrected chi connectivity index (χ2v) is 27.4. The number of nitrogens with one attached hydrogen (secondary N) is 2. The highest BCUT2D eigenvalue weighted by atomic mass is 16.5. The number of aliphatic hydroxyl groups is 2. The van der Waals surface area contributed by atoms with Crippen molar-refractivity contribution in [3.63, 3.8) is 0 Å². The van der Waals surface area contributed by atoms with Gasteiger partial charge < -0.3 is 59.9 Å². The molecule has 90 heavy (non-hydrogen) atoms. The third kappa shape index (κ3) is 22.8. The van der Waals surface area contributed by atoms with E-state index in [4.69, 9.17) is 4.74 Å². The molecule has 0 radical (unpaired) electrons. The second kappa shape index (κ2) is 38.3. The van der Waals surface area contributed by atoms with Crippen LogP contribution in [0, 0.1) is 47.3 Å². The van der Waals surface area contributed by atoms with Crippen LogP contribution in [0.2, 0.25) is 0 Å². The average molecular weight is 1270 g/mol. The first-order chi connectivity index (χ1) is 41.7. The molecule has 0 aromatic carbocycles. The number of rotatable bonds is 19. The van der Waals surface area contributed by atoms with Gasteiger partial charge in [-0.2, -0.15) is 0 Å². The van der Waals surface area contributed by atoms with Crippen LogP contribution in [0.3, 0.4) is 0 Å². The van der Waals surface area contributed by atoms with Gasteiger partial charge in [0, 0.05) is 87.2 Å². The predicted octanol–water partition coefficient (Wildman–Crippen LogP) is 4.97. The molecule has 1 rings (SSSR count). The summed E-state index contributed by atoms with van der Waals surface area (Å²) in [4.78, 5) is 171. The maximum atomic E-state index is 15.2. The Morgan fingerprint density at radius 2 is 1.00 bits per heavy atom. The van der Waals surface area contributed by atoms with Gasteiger partial charge in [-0.3, -0.25) is 52.7 Å². The number of hydrogen-bond donors (Lipinski definition) is 4. The van der Waals surface area contributed by atoms with Gasteiger partial charge in [-0.15, -0.1) is 0 Å². The molecule has 0 aromatic rings. The van der Waals surface area contributed by atoms with E-state index in [9.17, 15) is 48.6 Å². The van der Waals surface area contributed by atoms with Crippen LogP contribution in [0.15, 0.2) is 12.2 Å². The van der Waals surface area contributed by atoms with Gasteiger partial charge in [-0.25, -0.2) is 0 Å². The van der Waals surface area contributed by atoms with Gasteiger partial charge >= 0.3 is 0 Å². The fourth-order valence-electron chi connectivity index (χ4n) is 11.8. The van der Waals surface area contributed by atoms with Crippen LogP contribution in [0.4, 0.5) is 0 Å². The van der Waals surface area contributed by atoms with E-state index in [1.807, 2.05) is 41.5 Å². The summed E-state index contributed by atoms with van der Waals surface area (Å²) in [7, 11) is 9.97. The summed E-state index contributed by atoms with van der Waals surface area (Å²) >= 11 is 0. The van der Waals surface area contributed by atoms with E-state index in [-0.39, 0.29) is 69.5 Å². The summed E-state index contributed by atoms with van der Waals surface area (Å²) in [5.74, 6) is -11.1. The van der Waals surface area contributed by atoms with Crippen LogP contribution in [-0.2, 0) is 57.5 Å². The lowest BCUT2D eigenvalue weighted by atomic mass is 9.85. The molecule has 1 aliphatic heterocycles. The summed E-state index contributed by atoms with van der Waals surface area (Å²) in [5, 5.41) is 27.2. The van der Waals surface area contributed by atoms with Crippen molar-refractivity contribution in [2.45, 2.75) is 242 Å². The number of ketones is 2. The molecule has 23 heteroatoms. The normalized spacial score (nSPS) is 27.4. The van der Waals surface area contributed by atoms with E-state index in [0.29, 0.717) is 19.3 Å². The summed E-state index contributed by atoms with van der Waals surface area (Å²) in [6, 6.07) is -11.3. The number of likely N-dealkylation sites (N-methyl/N-ethyl adjacent to an activating group) is 7.